The van der Waals surface area contributed by atoms with Gasteiger partial charge in [-0.25, -0.2) is 14.6 Å². The molecule has 0 bridgehead atoms. The minimum Gasteiger partial charge on any atom is -0.461 e. The summed E-state index contributed by atoms with van der Waals surface area (Å²) in [6.07, 6.45) is 4.42. The summed E-state index contributed by atoms with van der Waals surface area (Å²) in [5.41, 5.74) is 2.38. The smallest absolute Gasteiger partial charge is 0.293 e. The van der Waals surface area contributed by atoms with Gasteiger partial charge >= 0.3 is 0 Å². The third kappa shape index (κ3) is 4.39. The highest BCUT2D eigenvalue weighted by Crippen LogP contribution is 2.23. The van der Waals surface area contributed by atoms with Gasteiger partial charge in [0.2, 0.25) is 0 Å². The zero-order valence-electron chi connectivity index (χ0n) is 13.7. The Balaban J connectivity index is 1.79. The second kappa shape index (κ2) is 8.45. The van der Waals surface area contributed by atoms with E-state index in [1.807, 2.05) is 0 Å². The summed E-state index contributed by atoms with van der Waals surface area (Å²) >= 11 is 3.29. The summed E-state index contributed by atoms with van der Waals surface area (Å²) in [6.45, 7) is 1.42. The third-order valence-corrected chi connectivity index (χ3v) is 4.47. The summed E-state index contributed by atoms with van der Waals surface area (Å²) in [6, 6.07) is 0. The first-order valence-corrected chi connectivity index (χ1v) is 8.67. The van der Waals surface area contributed by atoms with Gasteiger partial charge in [-0.3, -0.25) is 4.79 Å². The Labute approximate surface area is 152 Å². The Hall–Kier alpha value is -1.91. The quantitative estimate of drug-likeness (QED) is 0.634. The molecule has 0 spiro atoms. The Bertz CT molecular complexity index is 733. The Morgan fingerprint density at radius 1 is 1.44 bits per heavy atom. The molecule has 2 aromatic heterocycles. The zero-order chi connectivity index (χ0) is 17.6. The molecule has 1 unspecified atom stereocenters. The molecule has 1 fully saturated rings. The van der Waals surface area contributed by atoms with Gasteiger partial charge in [-0.1, -0.05) is 5.21 Å². The van der Waals surface area contributed by atoms with Crippen molar-refractivity contribution in [2.45, 2.75) is 38.8 Å². The first-order chi connectivity index (χ1) is 12.2. The Kier molecular flexibility index (Phi) is 6.05. The standard InChI is InChI=1S/C15H18BrN5O4/c1-21-12(8-25-13-4-2-3-5-24-13)14(19-20-21)10-6-17-15(16)11(18-10)7-23-9-22/h6,9,13H,2-5,7-8H2,1H3. The van der Waals surface area contributed by atoms with Gasteiger partial charge < -0.3 is 14.2 Å². The summed E-state index contributed by atoms with van der Waals surface area (Å²) < 4.78 is 18.3. The fraction of sp³-hybridized carbons (Fsp3) is 0.533. The predicted octanol–water partition coefficient (Wildman–Crippen LogP) is 1.75. The van der Waals surface area contributed by atoms with Gasteiger partial charge in [0.25, 0.3) is 6.47 Å². The molecule has 1 aliphatic rings. The van der Waals surface area contributed by atoms with E-state index in [-0.39, 0.29) is 12.9 Å². The molecule has 1 saturated heterocycles. The van der Waals surface area contributed by atoms with Gasteiger partial charge in [-0.05, 0) is 35.2 Å². The number of hydrogen-bond acceptors (Lipinski definition) is 8. The number of nitrogens with zero attached hydrogens (tertiary/aromatic N) is 5. The van der Waals surface area contributed by atoms with E-state index in [1.165, 1.54) is 0 Å². The molecule has 0 aliphatic carbocycles. The van der Waals surface area contributed by atoms with Crippen molar-refractivity contribution in [3.63, 3.8) is 0 Å². The molecule has 3 heterocycles. The van der Waals surface area contributed by atoms with Gasteiger partial charge in [0, 0.05) is 13.7 Å². The number of halogens is 1. The molecule has 0 amide bonds. The molecule has 9 nitrogen and oxygen atoms in total. The normalized spacial score (nSPS) is 17.4. The van der Waals surface area contributed by atoms with Crippen LogP contribution in [0.2, 0.25) is 0 Å². The molecular weight excluding hydrogens is 394 g/mol. The summed E-state index contributed by atoms with van der Waals surface area (Å²) in [4.78, 5) is 19.1. The van der Waals surface area contributed by atoms with Crippen molar-refractivity contribution in [3.05, 3.63) is 22.2 Å². The fourth-order valence-electron chi connectivity index (χ4n) is 2.48. The maximum absolute atomic E-state index is 10.4. The van der Waals surface area contributed by atoms with Crippen molar-refractivity contribution >= 4 is 22.4 Å². The summed E-state index contributed by atoms with van der Waals surface area (Å²) in [7, 11) is 1.79. The maximum atomic E-state index is 10.4. The van der Waals surface area contributed by atoms with E-state index in [2.05, 4.69) is 36.2 Å². The van der Waals surface area contributed by atoms with Gasteiger partial charge in [-0.2, -0.15) is 0 Å². The van der Waals surface area contributed by atoms with Crippen LogP contribution < -0.4 is 0 Å². The maximum Gasteiger partial charge on any atom is 0.293 e. The van der Waals surface area contributed by atoms with E-state index in [0.29, 0.717) is 34.8 Å². The highest BCUT2D eigenvalue weighted by atomic mass is 79.9. The number of aryl methyl sites for hydroxylation is 1. The van der Waals surface area contributed by atoms with Crippen molar-refractivity contribution in [2.75, 3.05) is 6.61 Å². The highest BCUT2D eigenvalue weighted by Gasteiger charge is 2.20. The van der Waals surface area contributed by atoms with Gasteiger partial charge in [0.05, 0.1) is 18.5 Å². The molecular formula is C15H18BrN5O4. The molecule has 25 heavy (non-hydrogen) atoms. The highest BCUT2D eigenvalue weighted by molar-refractivity contribution is 9.10. The summed E-state index contributed by atoms with van der Waals surface area (Å²) in [5.74, 6) is 0. The minimum absolute atomic E-state index is 0.0208. The van der Waals surface area contributed by atoms with E-state index in [9.17, 15) is 4.79 Å². The zero-order valence-corrected chi connectivity index (χ0v) is 15.3. The first-order valence-electron chi connectivity index (χ1n) is 7.88. The molecule has 0 saturated carbocycles. The molecule has 1 aliphatic heterocycles. The molecule has 1 atom stereocenters. The average Bonchev–Trinajstić information content (AvgIpc) is 3.01. The van der Waals surface area contributed by atoms with Gasteiger partial charge in [0.15, 0.2) is 6.29 Å². The fourth-order valence-corrected chi connectivity index (χ4v) is 2.79. The van der Waals surface area contributed by atoms with Crippen molar-refractivity contribution in [3.8, 4) is 11.4 Å². The van der Waals surface area contributed by atoms with Crippen LogP contribution >= 0.6 is 15.9 Å². The number of hydrogen-bond donors (Lipinski definition) is 0. The van der Waals surface area contributed by atoms with Crippen LogP contribution in [0.4, 0.5) is 0 Å². The second-order valence-electron chi connectivity index (χ2n) is 5.52. The van der Waals surface area contributed by atoms with Crippen LogP contribution in [-0.4, -0.2) is 44.3 Å². The SMILES string of the molecule is Cn1nnc(-c2cnc(Br)c(COC=O)n2)c1COC1CCCCO1. The third-order valence-electron chi connectivity index (χ3n) is 3.81. The second-order valence-corrected chi connectivity index (χ2v) is 6.27. The van der Waals surface area contributed by atoms with Crippen LogP contribution in [0.25, 0.3) is 11.4 Å². The monoisotopic (exact) mass is 411 g/mol. The topological polar surface area (TPSA) is 101 Å². The van der Waals surface area contributed by atoms with Crippen LogP contribution in [0.3, 0.4) is 0 Å². The number of ether oxygens (including phenoxy) is 3. The Morgan fingerprint density at radius 3 is 3.08 bits per heavy atom. The number of carbonyl (C=O) groups is 1. The lowest BCUT2D eigenvalue weighted by molar-refractivity contribution is -0.169. The predicted molar refractivity (Wildman–Crippen MR) is 89.0 cm³/mol. The molecule has 134 valence electrons. The molecule has 3 rings (SSSR count). The Morgan fingerprint density at radius 2 is 2.32 bits per heavy atom. The lowest BCUT2D eigenvalue weighted by atomic mass is 10.2. The number of aromatic nitrogens is 5. The molecule has 0 N–H and O–H groups in total. The first kappa shape index (κ1) is 17.9. The van der Waals surface area contributed by atoms with E-state index in [4.69, 9.17) is 14.2 Å². The van der Waals surface area contributed by atoms with Crippen LogP contribution in [0.5, 0.6) is 0 Å². The van der Waals surface area contributed by atoms with Crippen LogP contribution in [-0.2, 0) is 39.3 Å². The van der Waals surface area contributed by atoms with Crippen molar-refractivity contribution in [2.24, 2.45) is 7.05 Å². The van der Waals surface area contributed by atoms with Crippen molar-refractivity contribution in [1.29, 1.82) is 0 Å². The van der Waals surface area contributed by atoms with Crippen LogP contribution in [0.1, 0.15) is 30.7 Å². The van der Waals surface area contributed by atoms with Gasteiger partial charge in [0.1, 0.15) is 28.3 Å². The summed E-state index contributed by atoms with van der Waals surface area (Å²) in [5, 5.41) is 8.21. The molecule has 10 heteroatoms. The van der Waals surface area contributed by atoms with E-state index in [1.54, 1.807) is 17.9 Å². The molecule has 0 aromatic carbocycles. The number of carbonyl (C=O) groups excluding carboxylic acids is 1. The van der Waals surface area contributed by atoms with E-state index < -0.39 is 0 Å². The minimum atomic E-state index is -0.205. The molecule has 2 aromatic rings. The van der Waals surface area contributed by atoms with E-state index >= 15 is 0 Å². The lowest BCUT2D eigenvalue weighted by Crippen LogP contribution is -2.22. The van der Waals surface area contributed by atoms with Gasteiger partial charge in [-0.15, -0.1) is 5.10 Å². The largest absolute Gasteiger partial charge is 0.461 e. The molecule has 0 radical (unpaired) electrons. The lowest BCUT2D eigenvalue weighted by Gasteiger charge is -2.22. The van der Waals surface area contributed by atoms with E-state index in [0.717, 1.165) is 31.6 Å². The number of rotatable bonds is 7. The van der Waals surface area contributed by atoms with Crippen molar-refractivity contribution in [1.82, 2.24) is 25.0 Å². The van der Waals surface area contributed by atoms with Crippen LogP contribution in [0, 0.1) is 0 Å². The van der Waals surface area contributed by atoms with Crippen molar-refractivity contribution < 1.29 is 19.0 Å². The average molecular weight is 412 g/mol. The van der Waals surface area contributed by atoms with Crippen LogP contribution in [0.15, 0.2) is 10.8 Å².